The lowest BCUT2D eigenvalue weighted by Crippen LogP contribution is -2.47. The average molecular weight is 389 g/mol. The zero-order valence-corrected chi connectivity index (χ0v) is 17.0. The molecule has 2 N–H and O–H groups in total. The van der Waals surface area contributed by atoms with Crippen LogP contribution >= 0.6 is 0 Å². The number of aliphatic hydroxyl groups is 1. The maximum atomic E-state index is 12.8. The Hall–Kier alpha value is -2.09. The minimum atomic E-state index is -0.616. The summed E-state index contributed by atoms with van der Waals surface area (Å²) in [5.41, 5.74) is 2.78. The van der Waals surface area contributed by atoms with E-state index in [4.69, 9.17) is 9.15 Å². The number of amides is 1. The van der Waals surface area contributed by atoms with Gasteiger partial charge in [-0.2, -0.15) is 0 Å². The van der Waals surface area contributed by atoms with Crippen LogP contribution in [0.2, 0.25) is 0 Å². The standard InChI is InChI=1S/C21H31N3O4/c1-15(2)22-20(25)5-11-28-19-12-16-14-27-10-4-17(16)18(19)13-21(26)24-8-6-23(3)7-9-24/h4,10,12,14-15,20,22,25H,5-9,11,13H2,1-3H3. The zero-order chi connectivity index (χ0) is 20.1. The van der Waals surface area contributed by atoms with E-state index in [0.717, 1.165) is 42.9 Å². The van der Waals surface area contributed by atoms with Crippen LogP contribution in [0, 0.1) is 0 Å². The van der Waals surface area contributed by atoms with Gasteiger partial charge in [0.2, 0.25) is 5.91 Å². The molecule has 0 aromatic carbocycles. The Morgan fingerprint density at radius 2 is 2.07 bits per heavy atom. The molecule has 0 aromatic rings. The van der Waals surface area contributed by atoms with Gasteiger partial charge in [0, 0.05) is 49.8 Å². The molecule has 0 bridgehead atoms. The Bertz CT molecular complexity index is 737. The highest BCUT2D eigenvalue weighted by Gasteiger charge is 2.24. The number of rotatable bonds is 8. The molecule has 1 saturated heterocycles. The quantitative estimate of drug-likeness (QED) is 0.670. The molecular weight excluding hydrogens is 358 g/mol. The van der Waals surface area contributed by atoms with Crippen molar-refractivity contribution in [1.82, 2.24) is 15.1 Å². The van der Waals surface area contributed by atoms with Gasteiger partial charge in [-0.05, 0) is 38.6 Å². The summed E-state index contributed by atoms with van der Waals surface area (Å²) >= 11 is 0. The Balaban J connectivity index is 1.68. The summed E-state index contributed by atoms with van der Waals surface area (Å²) in [6.45, 7) is 7.65. The Labute approximate surface area is 166 Å². The second kappa shape index (κ2) is 9.41. The smallest absolute Gasteiger partial charge is 0.227 e. The highest BCUT2D eigenvalue weighted by molar-refractivity contribution is 5.85. The summed E-state index contributed by atoms with van der Waals surface area (Å²) < 4.78 is 11.2. The fourth-order valence-corrected chi connectivity index (χ4v) is 3.51. The molecule has 0 radical (unpaired) electrons. The molecule has 0 spiro atoms. The van der Waals surface area contributed by atoms with Crippen LogP contribution in [0.3, 0.4) is 0 Å². The van der Waals surface area contributed by atoms with Crippen molar-refractivity contribution in [3.63, 3.8) is 0 Å². The first-order chi connectivity index (χ1) is 13.4. The van der Waals surface area contributed by atoms with E-state index in [1.54, 1.807) is 12.5 Å². The van der Waals surface area contributed by atoms with Crippen molar-refractivity contribution in [2.45, 2.75) is 39.0 Å². The van der Waals surface area contributed by atoms with Crippen molar-refractivity contribution < 1.29 is 19.1 Å². The van der Waals surface area contributed by atoms with E-state index >= 15 is 0 Å². The van der Waals surface area contributed by atoms with Gasteiger partial charge < -0.3 is 24.1 Å². The van der Waals surface area contributed by atoms with E-state index in [1.807, 2.05) is 30.9 Å². The molecule has 1 amide bonds. The number of ether oxygens (including phenoxy) is 1. The SMILES string of the molecule is CC(C)NC(O)CCOc1cc2coccc-2c1CC(=O)N1CCN(C)CC1. The first-order valence-electron chi connectivity index (χ1n) is 9.95. The Morgan fingerprint density at radius 1 is 1.32 bits per heavy atom. The molecular formula is C21H31N3O4. The van der Waals surface area contributed by atoms with E-state index in [-0.39, 0.29) is 11.9 Å². The van der Waals surface area contributed by atoms with Gasteiger partial charge >= 0.3 is 0 Å². The third kappa shape index (κ3) is 5.25. The predicted molar refractivity (Wildman–Crippen MR) is 108 cm³/mol. The lowest BCUT2D eigenvalue weighted by atomic mass is 10.1. The lowest BCUT2D eigenvalue weighted by molar-refractivity contribution is -0.132. The second-order valence-electron chi connectivity index (χ2n) is 7.75. The molecule has 3 aliphatic rings. The summed E-state index contributed by atoms with van der Waals surface area (Å²) in [5, 5.41) is 13.0. The summed E-state index contributed by atoms with van der Waals surface area (Å²) in [5.74, 6) is 0.809. The normalized spacial score (nSPS) is 16.7. The van der Waals surface area contributed by atoms with Gasteiger partial charge in [-0.15, -0.1) is 0 Å². The number of carbonyl (C=O) groups is 1. The number of nitrogens with zero attached hydrogens (tertiary/aromatic N) is 2. The summed E-state index contributed by atoms with van der Waals surface area (Å²) in [7, 11) is 2.07. The number of piperazine rings is 1. The third-order valence-corrected chi connectivity index (χ3v) is 5.09. The number of aliphatic hydroxyl groups excluding tert-OH is 1. The molecule has 154 valence electrons. The van der Waals surface area contributed by atoms with Gasteiger partial charge in [-0.1, -0.05) is 0 Å². The van der Waals surface area contributed by atoms with Gasteiger partial charge in [0.25, 0.3) is 0 Å². The monoisotopic (exact) mass is 389 g/mol. The summed E-state index contributed by atoms with van der Waals surface area (Å²) in [6.07, 6.45) is 3.44. The molecule has 1 fully saturated rings. The van der Waals surface area contributed by atoms with E-state index in [0.29, 0.717) is 25.2 Å². The molecule has 2 aliphatic heterocycles. The zero-order valence-electron chi connectivity index (χ0n) is 17.0. The fraction of sp³-hybridized carbons (Fsp3) is 0.571. The minimum Gasteiger partial charge on any atom is -0.493 e. The van der Waals surface area contributed by atoms with Crippen LogP contribution in [0.25, 0.3) is 11.1 Å². The van der Waals surface area contributed by atoms with Crippen molar-refractivity contribution in [2.24, 2.45) is 0 Å². The highest BCUT2D eigenvalue weighted by atomic mass is 16.5. The maximum Gasteiger partial charge on any atom is 0.227 e. The van der Waals surface area contributed by atoms with E-state index < -0.39 is 6.23 Å². The number of hydrogen-bond donors (Lipinski definition) is 2. The minimum absolute atomic E-state index is 0.118. The number of nitrogens with one attached hydrogen (secondary N) is 1. The fourth-order valence-electron chi connectivity index (χ4n) is 3.51. The number of fused-ring (bicyclic) bond motifs is 1. The first kappa shape index (κ1) is 20.6. The lowest BCUT2D eigenvalue weighted by Gasteiger charge is -2.32. The van der Waals surface area contributed by atoms with E-state index in [9.17, 15) is 9.90 Å². The van der Waals surface area contributed by atoms with Crippen LogP contribution in [0.4, 0.5) is 0 Å². The predicted octanol–water partition coefficient (Wildman–Crippen LogP) is 1.79. The van der Waals surface area contributed by atoms with E-state index in [1.165, 1.54) is 0 Å². The molecule has 0 saturated carbocycles. The van der Waals surface area contributed by atoms with Gasteiger partial charge in [-0.3, -0.25) is 10.1 Å². The highest BCUT2D eigenvalue weighted by Crippen LogP contribution is 2.37. The maximum absolute atomic E-state index is 12.8. The van der Waals surface area contributed by atoms with Crippen molar-refractivity contribution >= 4 is 5.91 Å². The van der Waals surface area contributed by atoms with Crippen molar-refractivity contribution in [2.75, 3.05) is 39.8 Å². The molecule has 7 heteroatoms. The van der Waals surface area contributed by atoms with Crippen LogP contribution in [0.1, 0.15) is 25.8 Å². The number of hydrogen-bond acceptors (Lipinski definition) is 6. The molecule has 0 aromatic heterocycles. The van der Waals surface area contributed by atoms with Gasteiger partial charge in [0.1, 0.15) is 12.0 Å². The van der Waals surface area contributed by atoms with Gasteiger partial charge in [0.05, 0.1) is 25.6 Å². The van der Waals surface area contributed by atoms with Crippen molar-refractivity contribution in [3.8, 4) is 16.9 Å². The number of carbonyl (C=O) groups excluding carboxylic acids is 1. The molecule has 28 heavy (non-hydrogen) atoms. The van der Waals surface area contributed by atoms with E-state index in [2.05, 4.69) is 17.3 Å². The molecule has 1 atom stereocenters. The molecule has 1 unspecified atom stereocenters. The molecule has 2 heterocycles. The summed E-state index contributed by atoms with van der Waals surface area (Å²) in [4.78, 5) is 17.0. The largest absolute Gasteiger partial charge is 0.493 e. The molecule has 7 nitrogen and oxygen atoms in total. The van der Waals surface area contributed by atoms with Crippen LogP contribution < -0.4 is 10.1 Å². The van der Waals surface area contributed by atoms with Gasteiger partial charge in [0.15, 0.2) is 0 Å². The van der Waals surface area contributed by atoms with Gasteiger partial charge in [-0.25, -0.2) is 0 Å². The van der Waals surface area contributed by atoms with Crippen LogP contribution in [-0.4, -0.2) is 72.9 Å². The molecule has 1 aliphatic carbocycles. The second-order valence-corrected chi connectivity index (χ2v) is 7.75. The van der Waals surface area contributed by atoms with Crippen molar-refractivity contribution in [1.29, 1.82) is 0 Å². The van der Waals surface area contributed by atoms with Crippen LogP contribution in [0.15, 0.2) is 29.1 Å². The van der Waals surface area contributed by atoms with Crippen LogP contribution in [-0.2, 0) is 11.2 Å². The number of likely N-dealkylation sites (N-methyl/N-ethyl adjacent to an activating group) is 1. The summed E-state index contributed by atoms with van der Waals surface area (Å²) in [6, 6.07) is 3.99. The molecule has 3 rings (SSSR count). The van der Waals surface area contributed by atoms with Crippen LogP contribution in [0.5, 0.6) is 5.75 Å². The third-order valence-electron chi connectivity index (χ3n) is 5.09. The Kier molecular flexibility index (Phi) is 6.93. The van der Waals surface area contributed by atoms with Crippen molar-refractivity contribution in [3.05, 3.63) is 30.2 Å². The average Bonchev–Trinajstić information content (AvgIpc) is 2.99. The topological polar surface area (TPSA) is 78.2 Å². The Morgan fingerprint density at radius 3 is 2.79 bits per heavy atom. The first-order valence-corrected chi connectivity index (χ1v) is 9.95.